The smallest absolute Gasteiger partial charge is 0.271 e. The minimum Gasteiger partial charge on any atom is -0.497 e. The monoisotopic (exact) mass is 288 g/mol. The molecule has 0 bridgehead atoms. The summed E-state index contributed by atoms with van der Waals surface area (Å²) in [6.07, 6.45) is 0. The van der Waals surface area contributed by atoms with E-state index in [0.717, 1.165) is 16.9 Å². The molecule has 2 aromatic rings. The Bertz CT molecular complexity index is 632. The molecule has 0 aliphatic carbocycles. The summed E-state index contributed by atoms with van der Waals surface area (Å²) in [6, 6.07) is 8.92. The van der Waals surface area contributed by atoms with Crippen LogP contribution in [0.5, 0.6) is 5.75 Å². The Labute approximate surface area is 108 Å². The SMILES string of the molecule is COc1cccc(-c2ccsc2S(=O)(=O)Cl)c1. The highest BCUT2D eigenvalue weighted by atomic mass is 35.7. The number of hydrogen-bond acceptors (Lipinski definition) is 4. The summed E-state index contributed by atoms with van der Waals surface area (Å²) >= 11 is 1.10. The van der Waals surface area contributed by atoms with Crippen molar-refractivity contribution in [1.82, 2.24) is 0 Å². The lowest BCUT2D eigenvalue weighted by molar-refractivity contribution is 0.415. The van der Waals surface area contributed by atoms with E-state index >= 15 is 0 Å². The van der Waals surface area contributed by atoms with Crippen LogP contribution in [0.25, 0.3) is 11.1 Å². The van der Waals surface area contributed by atoms with Crippen molar-refractivity contribution in [3.05, 3.63) is 35.7 Å². The molecule has 0 amide bonds. The fraction of sp³-hybridized carbons (Fsp3) is 0.0909. The van der Waals surface area contributed by atoms with Crippen LogP contribution in [-0.2, 0) is 9.05 Å². The lowest BCUT2D eigenvalue weighted by Crippen LogP contribution is -1.90. The van der Waals surface area contributed by atoms with Crippen molar-refractivity contribution < 1.29 is 13.2 Å². The van der Waals surface area contributed by atoms with E-state index in [0.29, 0.717) is 11.3 Å². The molecular formula is C11H9ClO3S2. The highest BCUT2D eigenvalue weighted by Gasteiger charge is 2.18. The molecule has 17 heavy (non-hydrogen) atoms. The number of rotatable bonds is 3. The van der Waals surface area contributed by atoms with Crippen LogP contribution in [0.15, 0.2) is 39.9 Å². The van der Waals surface area contributed by atoms with E-state index in [-0.39, 0.29) is 4.21 Å². The molecule has 0 radical (unpaired) electrons. The Balaban J connectivity index is 2.57. The number of hydrogen-bond donors (Lipinski definition) is 0. The van der Waals surface area contributed by atoms with Gasteiger partial charge in [-0.05, 0) is 29.1 Å². The summed E-state index contributed by atoms with van der Waals surface area (Å²) in [5.41, 5.74) is 1.37. The van der Waals surface area contributed by atoms with Crippen molar-refractivity contribution in [2.24, 2.45) is 0 Å². The number of halogens is 1. The molecule has 6 heteroatoms. The van der Waals surface area contributed by atoms with Gasteiger partial charge in [-0.3, -0.25) is 0 Å². The molecular weight excluding hydrogens is 280 g/mol. The predicted octanol–water partition coefficient (Wildman–Crippen LogP) is 3.35. The average molecular weight is 289 g/mol. The number of thiophene rings is 1. The van der Waals surface area contributed by atoms with Crippen LogP contribution in [0.2, 0.25) is 0 Å². The first-order valence-corrected chi connectivity index (χ1v) is 7.88. The zero-order valence-electron chi connectivity index (χ0n) is 8.88. The van der Waals surface area contributed by atoms with Gasteiger partial charge in [0.2, 0.25) is 0 Å². The third-order valence-electron chi connectivity index (χ3n) is 2.23. The van der Waals surface area contributed by atoms with E-state index < -0.39 is 9.05 Å². The topological polar surface area (TPSA) is 43.4 Å². The maximum Gasteiger partial charge on any atom is 0.271 e. The molecule has 0 saturated heterocycles. The Hall–Kier alpha value is -1.04. The number of benzene rings is 1. The summed E-state index contributed by atoms with van der Waals surface area (Å²) in [6.45, 7) is 0. The van der Waals surface area contributed by atoms with Gasteiger partial charge >= 0.3 is 0 Å². The van der Waals surface area contributed by atoms with Crippen molar-refractivity contribution >= 4 is 31.1 Å². The molecule has 0 unspecified atom stereocenters. The van der Waals surface area contributed by atoms with Gasteiger partial charge in [-0.25, -0.2) is 8.42 Å². The molecule has 1 heterocycles. The Kier molecular flexibility index (Phi) is 3.42. The lowest BCUT2D eigenvalue weighted by atomic mass is 10.1. The second-order valence-corrected chi connectivity index (χ2v) is 6.97. The van der Waals surface area contributed by atoms with Gasteiger partial charge in [-0.15, -0.1) is 11.3 Å². The van der Waals surface area contributed by atoms with Gasteiger partial charge in [0.05, 0.1) is 7.11 Å². The Morgan fingerprint density at radius 1 is 1.29 bits per heavy atom. The molecule has 0 spiro atoms. The summed E-state index contributed by atoms with van der Waals surface area (Å²) in [5.74, 6) is 0.673. The molecule has 0 N–H and O–H groups in total. The Morgan fingerprint density at radius 2 is 2.06 bits per heavy atom. The zero-order chi connectivity index (χ0) is 12.5. The van der Waals surface area contributed by atoms with Gasteiger partial charge < -0.3 is 4.74 Å². The third kappa shape index (κ3) is 2.62. The van der Waals surface area contributed by atoms with Gasteiger partial charge in [-0.1, -0.05) is 12.1 Å². The number of ether oxygens (including phenoxy) is 1. The van der Waals surface area contributed by atoms with Crippen LogP contribution in [0.4, 0.5) is 0 Å². The van der Waals surface area contributed by atoms with Crippen molar-refractivity contribution in [2.45, 2.75) is 4.21 Å². The fourth-order valence-corrected chi connectivity index (χ4v) is 3.78. The molecule has 3 nitrogen and oxygen atoms in total. The van der Waals surface area contributed by atoms with Gasteiger partial charge in [0, 0.05) is 16.2 Å². The quantitative estimate of drug-likeness (QED) is 0.814. The average Bonchev–Trinajstić information content (AvgIpc) is 2.77. The van der Waals surface area contributed by atoms with E-state index in [1.807, 2.05) is 6.07 Å². The summed E-state index contributed by atoms with van der Waals surface area (Å²) < 4.78 is 28.0. The standard InChI is InChI=1S/C11H9ClO3S2/c1-15-9-4-2-3-8(7-9)10-5-6-16-11(10)17(12,13)14/h2-7H,1H3. The van der Waals surface area contributed by atoms with Crippen molar-refractivity contribution in [3.8, 4) is 16.9 Å². The summed E-state index contributed by atoms with van der Waals surface area (Å²) in [7, 11) is 3.23. The first-order chi connectivity index (χ1) is 8.02. The van der Waals surface area contributed by atoms with Crippen LogP contribution < -0.4 is 4.74 Å². The van der Waals surface area contributed by atoms with Crippen LogP contribution in [0, 0.1) is 0 Å². The van der Waals surface area contributed by atoms with Crippen LogP contribution >= 0.6 is 22.0 Å². The zero-order valence-corrected chi connectivity index (χ0v) is 11.3. The molecule has 90 valence electrons. The maximum absolute atomic E-state index is 11.4. The predicted molar refractivity (Wildman–Crippen MR) is 69.3 cm³/mol. The molecule has 0 fully saturated rings. The van der Waals surface area contributed by atoms with Crippen molar-refractivity contribution in [2.75, 3.05) is 7.11 Å². The highest BCUT2D eigenvalue weighted by Crippen LogP contribution is 2.35. The van der Waals surface area contributed by atoms with Crippen LogP contribution in [-0.4, -0.2) is 15.5 Å². The van der Waals surface area contributed by atoms with Crippen molar-refractivity contribution in [3.63, 3.8) is 0 Å². The van der Waals surface area contributed by atoms with Crippen LogP contribution in [0.3, 0.4) is 0 Å². The molecule has 1 aromatic carbocycles. The first-order valence-electron chi connectivity index (χ1n) is 4.69. The van der Waals surface area contributed by atoms with E-state index in [9.17, 15) is 8.42 Å². The van der Waals surface area contributed by atoms with Gasteiger partial charge in [-0.2, -0.15) is 0 Å². The molecule has 0 saturated carbocycles. The second-order valence-electron chi connectivity index (χ2n) is 3.29. The van der Waals surface area contributed by atoms with Gasteiger partial charge in [0.25, 0.3) is 9.05 Å². The second kappa shape index (κ2) is 4.68. The van der Waals surface area contributed by atoms with Gasteiger partial charge in [0.1, 0.15) is 9.96 Å². The van der Waals surface area contributed by atoms with E-state index in [1.54, 1.807) is 36.8 Å². The van der Waals surface area contributed by atoms with E-state index in [1.165, 1.54) is 0 Å². The minimum atomic E-state index is -3.71. The largest absolute Gasteiger partial charge is 0.497 e. The summed E-state index contributed by atoms with van der Waals surface area (Å²) in [4.78, 5) is 0. The molecule has 0 aliphatic rings. The molecule has 0 atom stereocenters. The normalized spacial score (nSPS) is 11.4. The lowest BCUT2D eigenvalue weighted by Gasteiger charge is -2.04. The van der Waals surface area contributed by atoms with E-state index in [4.69, 9.17) is 15.4 Å². The molecule has 1 aromatic heterocycles. The minimum absolute atomic E-state index is 0.160. The highest BCUT2D eigenvalue weighted by molar-refractivity contribution is 8.15. The van der Waals surface area contributed by atoms with Gasteiger partial charge in [0.15, 0.2) is 0 Å². The Morgan fingerprint density at radius 3 is 2.71 bits per heavy atom. The third-order valence-corrected chi connectivity index (χ3v) is 5.29. The summed E-state index contributed by atoms with van der Waals surface area (Å²) in [5, 5.41) is 1.70. The fourth-order valence-electron chi connectivity index (χ4n) is 1.49. The number of methoxy groups -OCH3 is 1. The maximum atomic E-state index is 11.4. The molecule has 0 aliphatic heterocycles. The van der Waals surface area contributed by atoms with Crippen LogP contribution in [0.1, 0.15) is 0 Å². The van der Waals surface area contributed by atoms with Crippen molar-refractivity contribution in [1.29, 1.82) is 0 Å². The molecule has 2 rings (SSSR count). The first kappa shape index (κ1) is 12.4. The van der Waals surface area contributed by atoms with E-state index in [2.05, 4.69) is 0 Å².